The maximum Gasteiger partial charge on any atom is 0.164 e. The van der Waals surface area contributed by atoms with Crippen molar-refractivity contribution in [3.63, 3.8) is 0 Å². The Morgan fingerprint density at radius 3 is 1.33 bits per heavy atom. The molecule has 0 unspecified atom stereocenters. The van der Waals surface area contributed by atoms with Gasteiger partial charge in [-0.2, -0.15) is 0 Å². The third-order valence-electron chi connectivity index (χ3n) is 11.2. The summed E-state index contributed by atoms with van der Waals surface area (Å²) in [6.45, 7) is 0. The molecule has 0 aliphatic carbocycles. The van der Waals surface area contributed by atoms with Gasteiger partial charge >= 0.3 is 0 Å². The number of pyridine rings is 1. The van der Waals surface area contributed by atoms with Crippen LogP contribution in [0.25, 0.3) is 107 Å². The molecule has 0 N–H and O–H groups in total. The summed E-state index contributed by atoms with van der Waals surface area (Å²) in [6.07, 6.45) is 1.81. The van der Waals surface area contributed by atoms with Gasteiger partial charge in [-0.15, -0.1) is 0 Å². The Balaban J connectivity index is 0.928. The Kier molecular flexibility index (Phi) is 9.06. The Hall–Kier alpha value is -8.35. The van der Waals surface area contributed by atoms with Gasteiger partial charge in [0.2, 0.25) is 0 Å². The largest absolute Gasteiger partial charge is 0.291 e. The van der Waals surface area contributed by atoms with Crippen LogP contribution in [0.2, 0.25) is 0 Å². The van der Waals surface area contributed by atoms with Crippen molar-refractivity contribution in [2.45, 2.75) is 0 Å². The fraction of sp³-hybridized carbons (Fsp3) is 0. The van der Waals surface area contributed by atoms with Gasteiger partial charge in [-0.1, -0.05) is 176 Å². The highest BCUT2D eigenvalue weighted by molar-refractivity contribution is 6.05. The lowest BCUT2D eigenvalue weighted by atomic mass is 9.92. The molecule has 0 bridgehead atoms. The Morgan fingerprint density at radius 2 is 0.754 bits per heavy atom. The van der Waals surface area contributed by atoms with E-state index >= 15 is 0 Å². The average Bonchev–Trinajstić information content (AvgIpc) is 3.74. The van der Waals surface area contributed by atoms with E-state index in [0.29, 0.717) is 17.5 Å². The fourth-order valence-corrected chi connectivity index (χ4v) is 8.14. The predicted molar refractivity (Wildman–Crippen MR) is 248 cm³/mol. The van der Waals surface area contributed by atoms with Crippen LogP contribution in [0.4, 0.5) is 0 Å². The van der Waals surface area contributed by atoms with E-state index in [1.807, 2.05) is 72.9 Å². The topological polar surface area (TPSA) is 69.4 Å². The van der Waals surface area contributed by atoms with E-state index < -0.39 is 0 Å². The van der Waals surface area contributed by atoms with Gasteiger partial charge in [0.1, 0.15) is 5.69 Å². The number of aromatic nitrogens is 6. The molecule has 0 amide bonds. The van der Waals surface area contributed by atoms with Crippen LogP contribution >= 0.6 is 0 Å². The molecule has 0 radical (unpaired) electrons. The highest BCUT2D eigenvalue weighted by atomic mass is 15.1. The standard InChI is InChI=1S/C55H36N6/c1-3-13-37(14-4-1)38-22-26-42(27-23-38)53-58-52(41-15-5-2-6-16-41)59-54(60-53)43-28-24-39(25-29-43)45-34-35-46(48-18-8-7-17-47(45)48)40-30-32-44(33-31-40)61-51-21-10-9-19-49(51)57-55(61)50-20-11-12-36-56-50/h1-36H. The van der Waals surface area contributed by atoms with Crippen LogP contribution in [0.5, 0.6) is 0 Å². The molecule has 0 aliphatic heterocycles. The first-order valence-corrected chi connectivity index (χ1v) is 20.3. The van der Waals surface area contributed by atoms with Crippen molar-refractivity contribution < 1.29 is 0 Å². The Morgan fingerprint density at radius 1 is 0.311 bits per heavy atom. The molecule has 3 heterocycles. The highest BCUT2D eigenvalue weighted by Crippen LogP contribution is 2.38. The minimum atomic E-state index is 0.627. The van der Waals surface area contributed by atoms with E-state index in [0.717, 1.165) is 67.2 Å². The van der Waals surface area contributed by atoms with Crippen LogP contribution in [-0.4, -0.2) is 29.5 Å². The molecule has 0 atom stereocenters. The molecule has 286 valence electrons. The van der Waals surface area contributed by atoms with Crippen molar-refractivity contribution in [3.05, 3.63) is 219 Å². The molecule has 61 heavy (non-hydrogen) atoms. The SMILES string of the molecule is c1ccc(-c2ccc(-c3nc(-c4ccccc4)nc(-c4ccc(-c5ccc(-c6ccc(-n7c(-c8ccccn8)nc8ccccc87)cc6)c6ccccc56)cc4)n3)cc2)cc1. The van der Waals surface area contributed by atoms with Gasteiger partial charge in [0, 0.05) is 28.6 Å². The minimum Gasteiger partial charge on any atom is -0.291 e. The number of para-hydroxylation sites is 2. The van der Waals surface area contributed by atoms with E-state index in [9.17, 15) is 0 Å². The third-order valence-corrected chi connectivity index (χ3v) is 11.2. The summed E-state index contributed by atoms with van der Waals surface area (Å²) < 4.78 is 2.19. The Labute approximate surface area is 353 Å². The van der Waals surface area contributed by atoms with E-state index in [-0.39, 0.29) is 0 Å². The monoisotopic (exact) mass is 780 g/mol. The van der Waals surface area contributed by atoms with Crippen molar-refractivity contribution >= 4 is 21.8 Å². The lowest BCUT2D eigenvalue weighted by Crippen LogP contribution is -2.00. The van der Waals surface area contributed by atoms with Crippen LogP contribution in [0.3, 0.4) is 0 Å². The smallest absolute Gasteiger partial charge is 0.164 e. The first-order chi connectivity index (χ1) is 30.2. The van der Waals surface area contributed by atoms with Gasteiger partial charge in [-0.3, -0.25) is 9.55 Å². The van der Waals surface area contributed by atoms with Gasteiger partial charge in [-0.25, -0.2) is 19.9 Å². The maximum atomic E-state index is 5.03. The molecule has 6 heteroatoms. The first-order valence-electron chi connectivity index (χ1n) is 20.3. The zero-order chi connectivity index (χ0) is 40.5. The summed E-state index contributed by atoms with van der Waals surface area (Å²) in [4.78, 5) is 24.6. The van der Waals surface area contributed by atoms with Crippen molar-refractivity contribution in [3.8, 4) is 84.7 Å². The van der Waals surface area contributed by atoms with Gasteiger partial charge in [-0.05, 0) is 80.6 Å². The van der Waals surface area contributed by atoms with E-state index in [2.05, 4.69) is 155 Å². The zero-order valence-electron chi connectivity index (χ0n) is 33.0. The molecule has 0 fully saturated rings. The highest BCUT2D eigenvalue weighted by Gasteiger charge is 2.17. The second kappa shape index (κ2) is 15.4. The summed E-state index contributed by atoms with van der Waals surface area (Å²) >= 11 is 0. The fourth-order valence-electron chi connectivity index (χ4n) is 8.14. The van der Waals surface area contributed by atoms with Gasteiger partial charge in [0.05, 0.1) is 11.0 Å². The predicted octanol–water partition coefficient (Wildman–Crippen LogP) is 13.4. The minimum absolute atomic E-state index is 0.627. The van der Waals surface area contributed by atoms with Gasteiger partial charge in [0.15, 0.2) is 23.3 Å². The molecule has 0 saturated heterocycles. The summed E-state index contributed by atoms with van der Waals surface area (Å²) in [5.41, 5.74) is 13.5. The number of hydrogen-bond donors (Lipinski definition) is 0. The summed E-state index contributed by atoms with van der Waals surface area (Å²) in [6, 6.07) is 73.5. The number of rotatable bonds is 8. The molecular formula is C55H36N6. The van der Waals surface area contributed by atoms with E-state index in [4.69, 9.17) is 19.9 Å². The van der Waals surface area contributed by atoms with Crippen LogP contribution in [0.15, 0.2) is 219 Å². The number of benzene rings is 8. The number of imidazole rings is 1. The number of fused-ring (bicyclic) bond motifs is 2. The Bertz CT molecular complexity index is 3310. The van der Waals surface area contributed by atoms with Crippen molar-refractivity contribution in [2.75, 3.05) is 0 Å². The number of hydrogen-bond acceptors (Lipinski definition) is 5. The molecule has 3 aromatic heterocycles. The summed E-state index contributed by atoms with van der Waals surface area (Å²) in [7, 11) is 0. The molecule has 6 nitrogen and oxygen atoms in total. The average molecular weight is 781 g/mol. The van der Waals surface area contributed by atoms with Crippen LogP contribution in [-0.2, 0) is 0 Å². The lowest BCUT2D eigenvalue weighted by Gasteiger charge is -2.14. The van der Waals surface area contributed by atoms with Crippen LogP contribution < -0.4 is 0 Å². The van der Waals surface area contributed by atoms with Crippen molar-refractivity contribution in [1.29, 1.82) is 0 Å². The van der Waals surface area contributed by atoms with E-state index in [1.54, 1.807) is 0 Å². The normalized spacial score (nSPS) is 11.3. The molecule has 0 spiro atoms. The number of nitrogens with zero attached hydrogens (tertiary/aromatic N) is 6. The molecule has 0 saturated carbocycles. The first kappa shape index (κ1) is 35.8. The van der Waals surface area contributed by atoms with Crippen LogP contribution in [0.1, 0.15) is 0 Å². The summed E-state index contributed by atoms with van der Waals surface area (Å²) in [5, 5.41) is 2.37. The lowest BCUT2D eigenvalue weighted by molar-refractivity contribution is 1.07. The third kappa shape index (κ3) is 6.82. The molecule has 11 rings (SSSR count). The quantitative estimate of drug-likeness (QED) is 0.154. The summed E-state index contributed by atoms with van der Waals surface area (Å²) in [5.74, 6) is 2.71. The molecular weight excluding hydrogens is 745 g/mol. The van der Waals surface area contributed by atoms with Gasteiger partial charge in [0.25, 0.3) is 0 Å². The second-order valence-electron chi connectivity index (χ2n) is 14.9. The van der Waals surface area contributed by atoms with Gasteiger partial charge < -0.3 is 0 Å². The molecule has 0 aliphatic rings. The van der Waals surface area contributed by atoms with E-state index in [1.165, 1.54) is 21.9 Å². The van der Waals surface area contributed by atoms with Crippen molar-refractivity contribution in [2.24, 2.45) is 0 Å². The zero-order valence-corrected chi connectivity index (χ0v) is 33.0. The molecule has 8 aromatic carbocycles. The van der Waals surface area contributed by atoms with Crippen molar-refractivity contribution in [1.82, 2.24) is 29.5 Å². The molecule has 11 aromatic rings. The van der Waals surface area contributed by atoms with Crippen LogP contribution in [0, 0.1) is 0 Å². The second-order valence-corrected chi connectivity index (χ2v) is 14.9. The maximum absolute atomic E-state index is 5.03.